The van der Waals surface area contributed by atoms with Crippen LogP contribution in [-0.2, 0) is 14.6 Å². The molecular formula is C22H20O4S. The second-order valence-corrected chi connectivity index (χ2v) is 8.30. The Bertz CT molecular complexity index is 1080. The Morgan fingerprint density at radius 3 is 1.93 bits per heavy atom. The van der Waals surface area contributed by atoms with Gasteiger partial charge in [0.05, 0.1) is 22.5 Å². The van der Waals surface area contributed by atoms with Crippen LogP contribution in [0.5, 0.6) is 0 Å². The smallest absolute Gasteiger partial charge is 0.337 e. The van der Waals surface area contributed by atoms with Crippen LogP contribution >= 0.6 is 0 Å². The van der Waals surface area contributed by atoms with E-state index < -0.39 is 15.8 Å². The van der Waals surface area contributed by atoms with E-state index >= 15 is 0 Å². The lowest BCUT2D eigenvalue weighted by Crippen LogP contribution is -2.07. The molecule has 0 bridgehead atoms. The fourth-order valence-electron chi connectivity index (χ4n) is 2.81. The molecule has 0 fully saturated rings. The normalized spacial score (nSPS) is 11.2. The Labute approximate surface area is 159 Å². The van der Waals surface area contributed by atoms with E-state index in [1.807, 2.05) is 38.1 Å². The van der Waals surface area contributed by atoms with Crippen LogP contribution in [0.15, 0.2) is 76.5 Å². The molecule has 0 heterocycles. The summed E-state index contributed by atoms with van der Waals surface area (Å²) in [6.07, 6.45) is 0. The van der Waals surface area contributed by atoms with Gasteiger partial charge in [-0.1, -0.05) is 47.5 Å². The first-order valence-electron chi connectivity index (χ1n) is 8.44. The van der Waals surface area contributed by atoms with Crippen LogP contribution in [0.4, 0.5) is 0 Å². The van der Waals surface area contributed by atoms with Gasteiger partial charge < -0.3 is 4.74 Å². The molecule has 3 rings (SSSR count). The Hall–Kier alpha value is -2.92. The van der Waals surface area contributed by atoms with E-state index in [4.69, 9.17) is 4.74 Å². The maximum atomic E-state index is 13.2. The summed E-state index contributed by atoms with van der Waals surface area (Å²) in [7, 11) is -2.45. The van der Waals surface area contributed by atoms with Crippen LogP contribution < -0.4 is 0 Å². The highest BCUT2D eigenvalue weighted by Gasteiger charge is 2.23. The van der Waals surface area contributed by atoms with Gasteiger partial charge in [0.25, 0.3) is 0 Å². The molecule has 0 aliphatic heterocycles. The minimum Gasteiger partial charge on any atom is -0.465 e. The largest absolute Gasteiger partial charge is 0.465 e. The standard InChI is InChI=1S/C22H20O4S/c1-15-4-8-17(9-5-15)20-14-18(22(23)26-3)10-13-21(20)27(24,25)19-11-6-16(2)7-12-19/h4-14H,1-3H3. The number of ether oxygens (including phenoxy) is 1. The SMILES string of the molecule is COC(=O)c1ccc(S(=O)(=O)c2ccc(C)cc2)c(-c2ccc(C)cc2)c1. The lowest BCUT2D eigenvalue weighted by atomic mass is 10.0. The number of carbonyl (C=O) groups excluding carboxylic acids is 1. The van der Waals surface area contributed by atoms with E-state index in [-0.39, 0.29) is 9.79 Å². The van der Waals surface area contributed by atoms with Crippen LogP contribution in [0.3, 0.4) is 0 Å². The van der Waals surface area contributed by atoms with Gasteiger partial charge in [-0.15, -0.1) is 0 Å². The Morgan fingerprint density at radius 1 is 0.815 bits per heavy atom. The van der Waals surface area contributed by atoms with Crippen molar-refractivity contribution in [1.82, 2.24) is 0 Å². The lowest BCUT2D eigenvalue weighted by Gasteiger charge is -2.13. The summed E-state index contributed by atoms with van der Waals surface area (Å²) < 4.78 is 31.3. The van der Waals surface area contributed by atoms with E-state index in [9.17, 15) is 13.2 Å². The maximum absolute atomic E-state index is 13.2. The monoisotopic (exact) mass is 380 g/mol. The van der Waals surface area contributed by atoms with Gasteiger partial charge >= 0.3 is 5.97 Å². The van der Waals surface area contributed by atoms with Crippen molar-refractivity contribution in [2.45, 2.75) is 23.6 Å². The van der Waals surface area contributed by atoms with E-state index in [1.165, 1.54) is 19.2 Å². The van der Waals surface area contributed by atoms with E-state index in [2.05, 4.69) is 0 Å². The van der Waals surface area contributed by atoms with Crippen LogP contribution in [0.1, 0.15) is 21.5 Å². The third kappa shape index (κ3) is 3.78. The van der Waals surface area contributed by atoms with Gasteiger partial charge in [0, 0.05) is 5.56 Å². The van der Waals surface area contributed by atoms with Crippen molar-refractivity contribution in [3.05, 3.63) is 83.4 Å². The molecule has 0 aromatic heterocycles. The minimum atomic E-state index is -3.75. The summed E-state index contributed by atoms with van der Waals surface area (Å²) in [5, 5.41) is 0. The number of carbonyl (C=O) groups is 1. The lowest BCUT2D eigenvalue weighted by molar-refractivity contribution is 0.0600. The molecule has 0 radical (unpaired) electrons. The molecule has 0 saturated carbocycles. The molecule has 0 N–H and O–H groups in total. The number of aryl methyl sites for hydroxylation is 2. The van der Waals surface area contributed by atoms with Gasteiger partial charge in [0.15, 0.2) is 0 Å². The maximum Gasteiger partial charge on any atom is 0.337 e. The first kappa shape index (κ1) is 18.9. The molecule has 3 aromatic carbocycles. The second-order valence-electron chi connectivity index (χ2n) is 6.39. The van der Waals surface area contributed by atoms with Gasteiger partial charge in [-0.05, 0) is 49.7 Å². The third-order valence-electron chi connectivity index (χ3n) is 4.38. The Balaban J connectivity index is 2.24. The molecule has 0 aliphatic carbocycles. The molecule has 4 nitrogen and oxygen atoms in total. The summed E-state index contributed by atoms with van der Waals surface area (Å²) >= 11 is 0. The molecule has 0 unspecified atom stereocenters. The van der Waals surface area contributed by atoms with Gasteiger partial charge in [0.1, 0.15) is 0 Å². The number of hydrogen-bond donors (Lipinski definition) is 0. The molecule has 0 atom stereocenters. The first-order chi connectivity index (χ1) is 12.8. The fourth-order valence-corrected chi connectivity index (χ4v) is 4.27. The van der Waals surface area contributed by atoms with Crippen molar-refractivity contribution in [1.29, 1.82) is 0 Å². The molecule has 0 amide bonds. The zero-order valence-corrected chi connectivity index (χ0v) is 16.2. The number of sulfone groups is 1. The molecule has 27 heavy (non-hydrogen) atoms. The summed E-state index contributed by atoms with van der Waals surface area (Å²) in [6, 6.07) is 18.7. The van der Waals surface area contributed by atoms with Crippen LogP contribution in [0, 0.1) is 13.8 Å². The zero-order valence-electron chi connectivity index (χ0n) is 15.4. The Kier molecular flexibility index (Phi) is 5.15. The predicted molar refractivity (Wildman–Crippen MR) is 105 cm³/mol. The molecule has 0 aliphatic rings. The van der Waals surface area contributed by atoms with Crippen LogP contribution in [0.25, 0.3) is 11.1 Å². The van der Waals surface area contributed by atoms with Crippen molar-refractivity contribution >= 4 is 15.8 Å². The van der Waals surface area contributed by atoms with E-state index in [0.29, 0.717) is 11.1 Å². The minimum absolute atomic E-state index is 0.155. The molecule has 5 heteroatoms. The van der Waals surface area contributed by atoms with Gasteiger partial charge in [0.2, 0.25) is 9.84 Å². The second kappa shape index (κ2) is 7.37. The van der Waals surface area contributed by atoms with Crippen LogP contribution in [0.2, 0.25) is 0 Å². The molecular weight excluding hydrogens is 360 g/mol. The molecule has 138 valence electrons. The van der Waals surface area contributed by atoms with Crippen LogP contribution in [-0.4, -0.2) is 21.5 Å². The quantitative estimate of drug-likeness (QED) is 0.621. The zero-order chi connectivity index (χ0) is 19.6. The first-order valence-corrected chi connectivity index (χ1v) is 9.92. The highest BCUT2D eigenvalue weighted by molar-refractivity contribution is 7.91. The van der Waals surface area contributed by atoms with Crippen molar-refractivity contribution in [2.75, 3.05) is 7.11 Å². The fraction of sp³-hybridized carbons (Fsp3) is 0.136. The van der Waals surface area contributed by atoms with E-state index in [1.54, 1.807) is 30.3 Å². The topological polar surface area (TPSA) is 60.4 Å². The summed E-state index contributed by atoms with van der Waals surface area (Å²) in [5.41, 5.74) is 3.53. The highest BCUT2D eigenvalue weighted by Crippen LogP contribution is 2.33. The number of methoxy groups -OCH3 is 1. The number of benzene rings is 3. The van der Waals surface area contributed by atoms with Gasteiger partial charge in [-0.3, -0.25) is 0 Å². The molecule has 0 saturated heterocycles. The summed E-state index contributed by atoms with van der Waals surface area (Å²) in [6.45, 7) is 3.86. The number of esters is 1. The molecule has 3 aromatic rings. The number of hydrogen-bond acceptors (Lipinski definition) is 4. The van der Waals surface area contributed by atoms with Gasteiger partial charge in [-0.2, -0.15) is 0 Å². The number of rotatable bonds is 4. The molecule has 0 spiro atoms. The highest BCUT2D eigenvalue weighted by atomic mass is 32.2. The van der Waals surface area contributed by atoms with Crippen molar-refractivity contribution in [3.63, 3.8) is 0 Å². The predicted octanol–water partition coefficient (Wildman–Crippen LogP) is 4.59. The van der Waals surface area contributed by atoms with Gasteiger partial charge in [-0.25, -0.2) is 13.2 Å². The average Bonchev–Trinajstić information content (AvgIpc) is 2.68. The van der Waals surface area contributed by atoms with E-state index in [0.717, 1.165) is 16.7 Å². The average molecular weight is 380 g/mol. The Morgan fingerprint density at radius 2 is 1.37 bits per heavy atom. The van der Waals surface area contributed by atoms with Crippen molar-refractivity contribution < 1.29 is 17.9 Å². The summed E-state index contributed by atoms with van der Waals surface area (Å²) in [5.74, 6) is -0.511. The van der Waals surface area contributed by atoms with Crippen molar-refractivity contribution in [3.8, 4) is 11.1 Å². The third-order valence-corrected chi connectivity index (χ3v) is 6.21. The summed E-state index contributed by atoms with van der Waals surface area (Å²) in [4.78, 5) is 12.3. The van der Waals surface area contributed by atoms with Crippen molar-refractivity contribution in [2.24, 2.45) is 0 Å².